The van der Waals surface area contributed by atoms with Crippen LogP contribution in [0.15, 0.2) is 30.4 Å². The van der Waals surface area contributed by atoms with Crippen LogP contribution in [0.4, 0.5) is 11.4 Å². The molecule has 1 aliphatic rings. The lowest BCUT2D eigenvalue weighted by Crippen LogP contribution is -2.44. The van der Waals surface area contributed by atoms with E-state index >= 15 is 0 Å². The van der Waals surface area contributed by atoms with Crippen LogP contribution in [0.1, 0.15) is 83.6 Å². The average molecular weight is 558 g/mol. The van der Waals surface area contributed by atoms with E-state index in [-0.39, 0.29) is 37.7 Å². The number of amides is 3. The third kappa shape index (κ3) is 11.6. The number of unbranched alkanes of at least 4 members (excludes halogenated alkanes) is 9. The predicted octanol–water partition coefficient (Wildman–Crippen LogP) is 4.44. The minimum atomic E-state index is -1.76. The predicted molar refractivity (Wildman–Crippen MR) is 152 cm³/mol. The highest BCUT2D eigenvalue weighted by Crippen LogP contribution is 2.26. The van der Waals surface area contributed by atoms with Crippen molar-refractivity contribution in [2.24, 2.45) is 5.92 Å². The van der Waals surface area contributed by atoms with E-state index < -0.39 is 29.7 Å². The van der Waals surface area contributed by atoms with Crippen LogP contribution >= 0.6 is 0 Å². The summed E-state index contributed by atoms with van der Waals surface area (Å²) in [5.41, 5.74) is 1.91. The Morgan fingerprint density at radius 1 is 0.925 bits per heavy atom. The van der Waals surface area contributed by atoms with Crippen molar-refractivity contribution in [2.45, 2.75) is 84.5 Å². The minimum absolute atomic E-state index is 0.0972. The Morgan fingerprint density at radius 2 is 1.57 bits per heavy atom. The van der Waals surface area contributed by atoms with Crippen LogP contribution in [0.25, 0.3) is 0 Å². The number of esters is 2. The fourth-order valence-corrected chi connectivity index (χ4v) is 4.24. The van der Waals surface area contributed by atoms with Crippen molar-refractivity contribution in [1.82, 2.24) is 5.32 Å². The molecular formula is C30H43N3O7. The molecule has 1 unspecified atom stereocenters. The lowest BCUT2D eigenvalue weighted by Gasteiger charge is -2.16. The summed E-state index contributed by atoms with van der Waals surface area (Å²) in [6, 6.07) is 4.83. The normalized spacial score (nSPS) is 12.6. The molecule has 10 nitrogen and oxygen atoms in total. The average Bonchev–Trinajstić information content (AvgIpc) is 3.28. The van der Waals surface area contributed by atoms with Crippen LogP contribution in [0.5, 0.6) is 0 Å². The third-order valence-electron chi connectivity index (χ3n) is 6.48. The molecular weight excluding hydrogens is 514 g/mol. The van der Waals surface area contributed by atoms with E-state index in [1.54, 1.807) is 18.2 Å². The Balaban J connectivity index is 1.87. The van der Waals surface area contributed by atoms with Gasteiger partial charge < -0.3 is 25.4 Å². The van der Waals surface area contributed by atoms with E-state index in [4.69, 9.17) is 9.47 Å². The molecule has 1 aliphatic heterocycles. The van der Waals surface area contributed by atoms with Crippen molar-refractivity contribution in [2.75, 3.05) is 30.4 Å². The number of nitrogens with one attached hydrogen (secondary N) is 3. The first-order chi connectivity index (χ1) is 19.2. The monoisotopic (exact) mass is 557 g/mol. The molecule has 3 amide bonds. The van der Waals surface area contributed by atoms with Gasteiger partial charge in [0.1, 0.15) is 6.61 Å². The number of fused-ring (bicyclic) bond motifs is 1. The number of hydrogen-bond acceptors (Lipinski definition) is 7. The van der Waals surface area contributed by atoms with E-state index in [1.165, 1.54) is 45.4 Å². The second-order valence-electron chi connectivity index (χ2n) is 10.1. The van der Waals surface area contributed by atoms with E-state index in [9.17, 15) is 24.0 Å². The molecule has 1 heterocycles. The molecule has 2 rings (SSSR count). The summed E-state index contributed by atoms with van der Waals surface area (Å²) in [5.74, 6) is -5.20. The molecule has 0 saturated heterocycles. The van der Waals surface area contributed by atoms with Crippen LogP contribution in [-0.4, -0.2) is 49.4 Å². The first-order valence-corrected chi connectivity index (χ1v) is 14.2. The van der Waals surface area contributed by atoms with Gasteiger partial charge >= 0.3 is 11.9 Å². The molecule has 0 saturated carbocycles. The minimum Gasteiger partial charge on any atom is -0.465 e. The Kier molecular flexibility index (Phi) is 14.5. The zero-order chi connectivity index (χ0) is 29.3. The van der Waals surface area contributed by atoms with E-state index in [0.29, 0.717) is 23.4 Å². The number of benzene rings is 1. The molecule has 220 valence electrons. The highest BCUT2D eigenvalue weighted by molar-refractivity contribution is 6.19. The largest absolute Gasteiger partial charge is 0.465 e. The molecule has 3 N–H and O–H groups in total. The lowest BCUT2D eigenvalue weighted by atomic mass is 10.1. The Bertz CT molecular complexity index is 1050. The van der Waals surface area contributed by atoms with Gasteiger partial charge in [0.15, 0.2) is 0 Å². The van der Waals surface area contributed by atoms with Gasteiger partial charge in [-0.15, -0.1) is 0 Å². The molecule has 0 spiro atoms. The molecule has 1 aromatic rings. The smallest absolute Gasteiger partial charge is 0.333 e. The van der Waals surface area contributed by atoms with E-state index in [2.05, 4.69) is 29.5 Å². The summed E-state index contributed by atoms with van der Waals surface area (Å²) in [4.78, 5) is 61.9. The molecule has 0 aliphatic carbocycles. The van der Waals surface area contributed by atoms with Crippen molar-refractivity contribution in [3.05, 3.63) is 35.9 Å². The van der Waals surface area contributed by atoms with Crippen LogP contribution in [0.3, 0.4) is 0 Å². The van der Waals surface area contributed by atoms with Crippen molar-refractivity contribution in [1.29, 1.82) is 0 Å². The molecule has 1 aromatic carbocycles. The van der Waals surface area contributed by atoms with Crippen molar-refractivity contribution < 1.29 is 33.4 Å². The highest BCUT2D eigenvalue weighted by Gasteiger charge is 2.36. The number of anilines is 2. The summed E-state index contributed by atoms with van der Waals surface area (Å²) >= 11 is 0. The van der Waals surface area contributed by atoms with Gasteiger partial charge in [0.05, 0.1) is 19.6 Å². The maximum absolute atomic E-state index is 13.0. The van der Waals surface area contributed by atoms with Gasteiger partial charge in [-0.3, -0.25) is 19.2 Å². The topological polar surface area (TPSA) is 140 Å². The summed E-state index contributed by atoms with van der Waals surface area (Å²) in [7, 11) is 0. The second kappa shape index (κ2) is 17.8. The van der Waals surface area contributed by atoms with Gasteiger partial charge in [0, 0.05) is 16.9 Å². The maximum Gasteiger partial charge on any atom is 0.333 e. The summed E-state index contributed by atoms with van der Waals surface area (Å²) < 4.78 is 10.3. The van der Waals surface area contributed by atoms with Crippen LogP contribution < -0.4 is 16.0 Å². The molecule has 1 atom stereocenters. The first-order valence-electron chi connectivity index (χ1n) is 14.2. The fraction of sp³-hybridized carbons (Fsp3) is 0.567. The SMILES string of the molecule is C=C(C)C(=O)OCCNC(=O)C(C(=O)Nc1ccc2c(c1)CC(=O)N2)C(=O)OCCCCCCCCCCCC. The van der Waals surface area contributed by atoms with Crippen LogP contribution in [0.2, 0.25) is 0 Å². The Morgan fingerprint density at radius 3 is 2.23 bits per heavy atom. The summed E-state index contributed by atoms with van der Waals surface area (Å²) in [6.07, 6.45) is 11.4. The zero-order valence-electron chi connectivity index (χ0n) is 23.8. The summed E-state index contributed by atoms with van der Waals surface area (Å²) in [6.45, 7) is 7.04. The number of carbonyl (C=O) groups excluding carboxylic acids is 5. The Hall–Kier alpha value is -3.69. The van der Waals surface area contributed by atoms with Crippen molar-refractivity contribution in [3.63, 3.8) is 0 Å². The van der Waals surface area contributed by atoms with Gasteiger partial charge in [0.25, 0.3) is 0 Å². The first kappa shape index (κ1) is 32.5. The van der Waals surface area contributed by atoms with Gasteiger partial charge in [-0.05, 0) is 37.1 Å². The van der Waals surface area contributed by atoms with Crippen molar-refractivity contribution >= 4 is 41.0 Å². The Labute approximate surface area is 236 Å². The number of carbonyl (C=O) groups is 5. The third-order valence-corrected chi connectivity index (χ3v) is 6.48. The summed E-state index contributed by atoms with van der Waals surface area (Å²) in [5, 5.41) is 7.74. The van der Waals surface area contributed by atoms with Gasteiger partial charge in [-0.25, -0.2) is 4.79 Å². The maximum atomic E-state index is 13.0. The standard InChI is InChI=1S/C30H43N3O7/c1-4-5-6-7-8-9-10-11-12-13-17-39-30(38)26(27(35)31-16-18-40-29(37)21(2)3)28(36)32-23-14-15-24-22(19-23)20-25(34)33-24/h14-15,19,26H,2,4-13,16-18,20H2,1,3H3,(H,31,35)(H,32,36)(H,33,34). The molecule has 40 heavy (non-hydrogen) atoms. The van der Waals surface area contributed by atoms with Crippen molar-refractivity contribution in [3.8, 4) is 0 Å². The van der Waals surface area contributed by atoms with E-state index in [0.717, 1.165) is 19.3 Å². The molecule has 0 aromatic heterocycles. The molecule has 0 fully saturated rings. The number of ether oxygens (including phenoxy) is 2. The van der Waals surface area contributed by atoms with E-state index in [1.807, 2.05) is 0 Å². The fourth-order valence-electron chi connectivity index (χ4n) is 4.24. The zero-order valence-corrected chi connectivity index (χ0v) is 23.8. The van der Waals surface area contributed by atoms with Gasteiger partial charge in [-0.1, -0.05) is 71.3 Å². The second-order valence-corrected chi connectivity index (χ2v) is 10.1. The molecule has 0 radical (unpaired) electrons. The molecule has 0 bridgehead atoms. The number of rotatable bonds is 19. The van der Waals surface area contributed by atoms with Gasteiger partial charge in [-0.2, -0.15) is 0 Å². The number of hydrogen-bond donors (Lipinski definition) is 3. The van der Waals surface area contributed by atoms with Gasteiger partial charge in [0.2, 0.25) is 23.6 Å². The molecule has 10 heteroatoms. The highest BCUT2D eigenvalue weighted by atomic mass is 16.5. The quantitative estimate of drug-likeness (QED) is 0.0989. The lowest BCUT2D eigenvalue weighted by molar-refractivity contribution is -0.155. The van der Waals surface area contributed by atoms with Crippen LogP contribution in [0, 0.1) is 5.92 Å². The van der Waals surface area contributed by atoms with Crippen LogP contribution in [-0.2, 0) is 39.9 Å².